The van der Waals surface area contributed by atoms with Gasteiger partial charge in [0.2, 0.25) is 0 Å². The molecule has 26 heavy (non-hydrogen) atoms. The first kappa shape index (κ1) is 24.2. The molecule has 0 N–H and O–H groups in total. The van der Waals surface area contributed by atoms with Crippen LogP contribution in [0.2, 0.25) is 0 Å². The van der Waals surface area contributed by atoms with E-state index in [0.717, 1.165) is 32.1 Å². The number of carbonyl (C=O) groups excluding carboxylic acids is 1. The van der Waals surface area contributed by atoms with Crippen LogP contribution in [-0.2, 0) is 9.53 Å². The van der Waals surface area contributed by atoms with Crippen LogP contribution in [0.3, 0.4) is 0 Å². The van der Waals surface area contributed by atoms with Gasteiger partial charge in [-0.2, -0.15) is 0 Å². The second kappa shape index (κ2) is 21.2. The summed E-state index contributed by atoms with van der Waals surface area (Å²) in [7, 11) is 0. The van der Waals surface area contributed by atoms with Crippen molar-refractivity contribution in [3.8, 4) is 0 Å². The van der Waals surface area contributed by atoms with Gasteiger partial charge in [-0.3, -0.25) is 4.79 Å². The van der Waals surface area contributed by atoms with Gasteiger partial charge in [0.05, 0.1) is 6.61 Å². The minimum absolute atomic E-state index is 0.116. The minimum Gasteiger partial charge on any atom is -0.466 e. The molecule has 0 saturated carbocycles. The maximum atomic E-state index is 11.1. The number of allylic oxidation sites excluding steroid dienone is 10. The number of carbonyl (C=O) groups is 1. The topological polar surface area (TPSA) is 26.3 Å². The second-order valence-electron chi connectivity index (χ2n) is 6.14. The van der Waals surface area contributed by atoms with Gasteiger partial charge in [-0.15, -0.1) is 0 Å². The Labute approximate surface area is 161 Å². The van der Waals surface area contributed by atoms with Gasteiger partial charge in [-0.25, -0.2) is 0 Å². The molecule has 0 radical (unpaired) electrons. The summed E-state index contributed by atoms with van der Waals surface area (Å²) in [6, 6.07) is 0. The number of esters is 1. The van der Waals surface area contributed by atoms with Crippen LogP contribution in [0.4, 0.5) is 0 Å². The first-order chi connectivity index (χ1) is 12.8. The van der Waals surface area contributed by atoms with Crippen molar-refractivity contribution in [2.45, 2.75) is 78.1 Å². The number of rotatable bonds is 16. The molecule has 0 rings (SSSR count). The summed E-state index contributed by atoms with van der Waals surface area (Å²) in [5.41, 5.74) is 0. The molecule has 0 amide bonds. The minimum atomic E-state index is -0.116. The SMILES string of the molecule is CCCCC/C=C/C/C=C/C/C=C/C/C=C/C/C=C/CCC(=O)OCC. The van der Waals surface area contributed by atoms with Crippen LogP contribution in [-0.4, -0.2) is 12.6 Å². The van der Waals surface area contributed by atoms with E-state index in [-0.39, 0.29) is 5.97 Å². The monoisotopic (exact) mass is 358 g/mol. The Bertz CT molecular complexity index is 453. The molecule has 2 nitrogen and oxygen atoms in total. The van der Waals surface area contributed by atoms with Gasteiger partial charge in [0.25, 0.3) is 0 Å². The third-order valence-electron chi connectivity index (χ3n) is 3.72. The van der Waals surface area contributed by atoms with Crippen molar-refractivity contribution in [1.29, 1.82) is 0 Å². The van der Waals surface area contributed by atoms with Crippen LogP contribution in [0, 0.1) is 0 Å². The Morgan fingerprint density at radius 1 is 0.654 bits per heavy atom. The third-order valence-corrected chi connectivity index (χ3v) is 3.72. The standard InChI is InChI=1S/C24H38O2/c1-3-5-6-7-8-9-10-11-12-13-14-15-16-17-18-19-20-21-22-23-24(25)26-4-2/h8-9,11-12,14-15,17-18,20-21H,3-7,10,13,16,19,22-23H2,1-2H3/b9-8+,12-11+,15-14+,18-17+,21-20+. The summed E-state index contributed by atoms with van der Waals surface area (Å²) in [5, 5.41) is 0. The molecule has 0 heterocycles. The molecule has 0 aliphatic rings. The summed E-state index contributed by atoms with van der Waals surface area (Å²) in [5.74, 6) is -0.116. The summed E-state index contributed by atoms with van der Waals surface area (Å²) in [6.45, 7) is 4.53. The van der Waals surface area contributed by atoms with Crippen molar-refractivity contribution < 1.29 is 9.53 Å². The van der Waals surface area contributed by atoms with Gasteiger partial charge in [0.1, 0.15) is 0 Å². The molecule has 0 spiro atoms. The molecule has 0 aromatic carbocycles. The van der Waals surface area contributed by atoms with Crippen molar-refractivity contribution in [3.63, 3.8) is 0 Å². The van der Waals surface area contributed by atoms with Crippen LogP contribution in [0.5, 0.6) is 0 Å². The lowest BCUT2D eigenvalue weighted by atomic mass is 10.2. The largest absolute Gasteiger partial charge is 0.466 e. The number of hydrogen-bond donors (Lipinski definition) is 0. The normalized spacial score (nSPS) is 12.5. The zero-order valence-electron chi connectivity index (χ0n) is 16.9. The molecule has 0 aromatic heterocycles. The first-order valence-corrected chi connectivity index (χ1v) is 10.2. The molecule has 0 unspecified atom stereocenters. The summed E-state index contributed by atoms with van der Waals surface area (Å²) < 4.78 is 4.88. The quantitative estimate of drug-likeness (QED) is 0.165. The molecule has 146 valence electrons. The molecule has 0 bridgehead atoms. The maximum Gasteiger partial charge on any atom is 0.306 e. The second-order valence-corrected chi connectivity index (χ2v) is 6.14. The Morgan fingerprint density at radius 3 is 1.58 bits per heavy atom. The fraction of sp³-hybridized carbons (Fsp3) is 0.542. The molecular formula is C24H38O2. The Balaban J connectivity index is 3.50. The summed E-state index contributed by atoms with van der Waals surface area (Å²) >= 11 is 0. The predicted molar refractivity (Wildman–Crippen MR) is 114 cm³/mol. The van der Waals surface area contributed by atoms with Crippen molar-refractivity contribution in [3.05, 3.63) is 60.8 Å². The molecule has 2 heteroatoms. The Kier molecular flexibility index (Phi) is 19.7. The van der Waals surface area contributed by atoms with Gasteiger partial charge in [-0.1, -0.05) is 80.5 Å². The van der Waals surface area contributed by atoms with Crippen LogP contribution in [0.15, 0.2) is 60.8 Å². The van der Waals surface area contributed by atoms with Gasteiger partial charge >= 0.3 is 5.97 Å². The lowest BCUT2D eigenvalue weighted by molar-refractivity contribution is -0.142. The smallest absolute Gasteiger partial charge is 0.306 e. The predicted octanol–water partition coefficient (Wildman–Crippen LogP) is 7.25. The van der Waals surface area contributed by atoms with Crippen molar-refractivity contribution >= 4 is 5.97 Å². The first-order valence-electron chi connectivity index (χ1n) is 10.2. The average molecular weight is 359 g/mol. The van der Waals surface area contributed by atoms with Gasteiger partial charge in [0, 0.05) is 6.42 Å². The highest BCUT2D eigenvalue weighted by molar-refractivity contribution is 5.69. The van der Waals surface area contributed by atoms with E-state index in [9.17, 15) is 4.79 Å². The highest BCUT2D eigenvalue weighted by Crippen LogP contribution is 2.01. The van der Waals surface area contributed by atoms with E-state index in [2.05, 4.69) is 61.6 Å². The van der Waals surface area contributed by atoms with E-state index in [4.69, 9.17) is 4.74 Å². The number of unbranched alkanes of at least 4 members (excludes halogenated alkanes) is 3. The van der Waals surface area contributed by atoms with E-state index >= 15 is 0 Å². The fourth-order valence-electron chi connectivity index (χ4n) is 2.27. The fourth-order valence-corrected chi connectivity index (χ4v) is 2.27. The third kappa shape index (κ3) is 20.2. The number of hydrogen-bond acceptors (Lipinski definition) is 2. The van der Waals surface area contributed by atoms with E-state index < -0.39 is 0 Å². The summed E-state index contributed by atoms with van der Waals surface area (Å²) in [6.07, 6.45) is 32.2. The zero-order chi connectivity index (χ0) is 19.1. The van der Waals surface area contributed by atoms with Gasteiger partial charge in [-0.05, 0) is 51.9 Å². The molecule has 0 aromatic rings. The van der Waals surface area contributed by atoms with Crippen LogP contribution >= 0.6 is 0 Å². The zero-order valence-corrected chi connectivity index (χ0v) is 16.9. The van der Waals surface area contributed by atoms with Crippen LogP contribution in [0.1, 0.15) is 78.1 Å². The molecule has 0 aliphatic carbocycles. The Morgan fingerprint density at radius 2 is 1.12 bits per heavy atom. The van der Waals surface area contributed by atoms with Crippen molar-refractivity contribution in [1.82, 2.24) is 0 Å². The van der Waals surface area contributed by atoms with E-state index in [1.807, 2.05) is 13.0 Å². The van der Waals surface area contributed by atoms with Crippen molar-refractivity contribution in [2.75, 3.05) is 6.61 Å². The van der Waals surface area contributed by atoms with Gasteiger partial charge < -0.3 is 4.74 Å². The molecular weight excluding hydrogens is 320 g/mol. The van der Waals surface area contributed by atoms with Crippen LogP contribution < -0.4 is 0 Å². The molecule has 0 aliphatic heterocycles. The molecule has 0 atom stereocenters. The average Bonchev–Trinajstić information content (AvgIpc) is 2.64. The van der Waals surface area contributed by atoms with E-state index in [1.54, 1.807) is 0 Å². The Hall–Kier alpha value is -1.83. The maximum absolute atomic E-state index is 11.1. The van der Waals surface area contributed by atoms with Gasteiger partial charge in [0.15, 0.2) is 0 Å². The highest BCUT2D eigenvalue weighted by atomic mass is 16.5. The van der Waals surface area contributed by atoms with E-state index in [1.165, 1.54) is 25.7 Å². The van der Waals surface area contributed by atoms with E-state index in [0.29, 0.717) is 13.0 Å². The lowest BCUT2D eigenvalue weighted by Crippen LogP contribution is -2.02. The molecule has 0 saturated heterocycles. The summed E-state index contributed by atoms with van der Waals surface area (Å²) in [4.78, 5) is 11.1. The molecule has 0 fully saturated rings. The highest BCUT2D eigenvalue weighted by Gasteiger charge is 1.97. The van der Waals surface area contributed by atoms with Crippen molar-refractivity contribution in [2.24, 2.45) is 0 Å². The van der Waals surface area contributed by atoms with Crippen LogP contribution in [0.25, 0.3) is 0 Å². The number of ether oxygens (including phenoxy) is 1. The lowest BCUT2D eigenvalue weighted by Gasteiger charge is -1.97.